The number of anilines is 1. The molecule has 0 saturated heterocycles. The number of hydrogen-bond donors (Lipinski definition) is 3. The van der Waals surface area contributed by atoms with Gasteiger partial charge in [0.2, 0.25) is 0 Å². The van der Waals surface area contributed by atoms with Crippen LogP contribution in [-0.4, -0.2) is 45.8 Å². The standard InChI is InChI=1S/C35H25ClF2N4O6/c1-19-27(8-6-21(30(19)38)10-11-35(2,3)42-33(45)31-25(34(46)47)5-4-12-40-31)41-29(43)18-48-28-9-7-23(36)16-26(28)32(44)22-13-20(17-39)14-24(37)15-22/h4-9,12-16H,18H2,1-3H3,(H,41,43)(H,42,45)(H,46,47). The Morgan fingerprint density at radius 2 is 1.79 bits per heavy atom. The van der Waals surface area contributed by atoms with E-state index in [2.05, 4.69) is 27.5 Å². The number of carboxylic acid groups (broad SMARTS) is 1. The highest BCUT2D eigenvalue weighted by Gasteiger charge is 2.24. The van der Waals surface area contributed by atoms with Gasteiger partial charge < -0.3 is 20.5 Å². The van der Waals surface area contributed by atoms with E-state index in [4.69, 9.17) is 21.6 Å². The van der Waals surface area contributed by atoms with E-state index in [-0.39, 0.29) is 55.5 Å². The first-order valence-corrected chi connectivity index (χ1v) is 14.4. The third kappa shape index (κ3) is 8.37. The van der Waals surface area contributed by atoms with E-state index in [0.717, 1.165) is 12.1 Å². The van der Waals surface area contributed by atoms with Gasteiger partial charge in [0.25, 0.3) is 11.8 Å². The van der Waals surface area contributed by atoms with E-state index in [1.54, 1.807) is 19.9 Å². The smallest absolute Gasteiger partial charge is 0.338 e. The molecule has 0 saturated carbocycles. The van der Waals surface area contributed by atoms with E-state index >= 15 is 4.39 Å². The van der Waals surface area contributed by atoms with E-state index in [9.17, 15) is 28.7 Å². The minimum Gasteiger partial charge on any atom is -0.483 e. The second-order valence-corrected chi connectivity index (χ2v) is 11.2. The number of ether oxygens (including phenoxy) is 1. The molecule has 4 aromatic rings. The fraction of sp³-hybridized carbons (Fsp3) is 0.143. The second kappa shape index (κ2) is 14.5. The molecule has 3 aromatic carbocycles. The first-order valence-electron chi connectivity index (χ1n) is 14.0. The summed E-state index contributed by atoms with van der Waals surface area (Å²) in [6, 6.07) is 14.4. The van der Waals surface area contributed by atoms with Gasteiger partial charge in [0, 0.05) is 28.0 Å². The van der Waals surface area contributed by atoms with Crippen molar-refractivity contribution in [2.75, 3.05) is 11.9 Å². The van der Waals surface area contributed by atoms with Crippen LogP contribution in [0.4, 0.5) is 14.5 Å². The number of ketones is 1. The van der Waals surface area contributed by atoms with Crippen molar-refractivity contribution >= 4 is 40.9 Å². The molecular formula is C35H25ClF2N4O6. The molecule has 0 fully saturated rings. The van der Waals surface area contributed by atoms with Crippen LogP contribution in [0.25, 0.3) is 0 Å². The number of hydrogen-bond acceptors (Lipinski definition) is 7. The maximum Gasteiger partial charge on any atom is 0.338 e. The average Bonchev–Trinajstić information content (AvgIpc) is 3.05. The van der Waals surface area contributed by atoms with Crippen LogP contribution >= 0.6 is 11.6 Å². The van der Waals surface area contributed by atoms with Crippen molar-refractivity contribution in [1.82, 2.24) is 10.3 Å². The molecule has 0 unspecified atom stereocenters. The number of nitrogens with zero attached hydrogens (tertiary/aromatic N) is 2. The number of carbonyl (C=O) groups excluding carboxylic acids is 3. The van der Waals surface area contributed by atoms with E-state index in [1.165, 1.54) is 61.7 Å². The zero-order valence-corrected chi connectivity index (χ0v) is 26.3. The molecule has 4 rings (SSSR count). The molecule has 0 aliphatic rings. The van der Waals surface area contributed by atoms with Crippen molar-refractivity contribution in [2.24, 2.45) is 0 Å². The first-order chi connectivity index (χ1) is 22.7. The Hall–Kier alpha value is -6.11. The van der Waals surface area contributed by atoms with Gasteiger partial charge in [-0.1, -0.05) is 23.4 Å². The molecule has 48 heavy (non-hydrogen) atoms. The van der Waals surface area contributed by atoms with Gasteiger partial charge in [-0.15, -0.1) is 0 Å². The fourth-order valence-corrected chi connectivity index (χ4v) is 4.52. The van der Waals surface area contributed by atoms with Gasteiger partial charge in [-0.3, -0.25) is 19.4 Å². The van der Waals surface area contributed by atoms with Gasteiger partial charge in [-0.05, 0) is 81.4 Å². The van der Waals surface area contributed by atoms with Crippen LogP contribution in [0.1, 0.15) is 67.3 Å². The lowest BCUT2D eigenvalue weighted by Crippen LogP contribution is -2.43. The molecular weight excluding hydrogens is 646 g/mol. The fourth-order valence-electron chi connectivity index (χ4n) is 4.35. The summed E-state index contributed by atoms with van der Waals surface area (Å²) in [4.78, 5) is 53.9. The Kier molecular flexibility index (Phi) is 10.5. The van der Waals surface area contributed by atoms with Crippen molar-refractivity contribution in [3.8, 4) is 23.7 Å². The number of benzene rings is 3. The number of carboxylic acids is 1. The Labute approximate surface area is 278 Å². The maximum atomic E-state index is 15.3. The van der Waals surface area contributed by atoms with Crippen LogP contribution in [0, 0.1) is 41.7 Å². The summed E-state index contributed by atoms with van der Waals surface area (Å²) in [5.41, 5.74) is -1.92. The molecule has 13 heteroatoms. The normalized spacial score (nSPS) is 10.6. The summed E-state index contributed by atoms with van der Waals surface area (Å²) >= 11 is 6.06. The Bertz CT molecular complexity index is 2080. The number of nitriles is 1. The summed E-state index contributed by atoms with van der Waals surface area (Å²) in [6.07, 6.45) is 1.28. The van der Waals surface area contributed by atoms with Crippen LogP contribution in [0.2, 0.25) is 5.02 Å². The average molecular weight is 671 g/mol. The SMILES string of the molecule is Cc1c(NC(=O)COc2ccc(Cl)cc2C(=O)c2cc(F)cc(C#N)c2)ccc(C#CC(C)(C)NC(=O)c2ncccc2C(=O)O)c1F. The van der Waals surface area contributed by atoms with Crippen LogP contribution in [-0.2, 0) is 4.79 Å². The Morgan fingerprint density at radius 3 is 2.50 bits per heavy atom. The van der Waals surface area contributed by atoms with Crippen molar-refractivity contribution in [3.05, 3.63) is 123 Å². The van der Waals surface area contributed by atoms with Crippen molar-refractivity contribution in [2.45, 2.75) is 26.3 Å². The van der Waals surface area contributed by atoms with E-state index in [0.29, 0.717) is 0 Å². The monoisotopic (exact) mass is 670 g/mol. The first kappa shape index (κ1) is 34.8. The zero-order chi connectivity index (χ0) is 35.2. The largest absolute Gasteiger partial charge is 0.483 e. The summed E-state index contributed by atoms with van der Waals surface area (Å²) in [7, 11) is 0. The third-order valence-corrected chi connectivity index (χ3v) is 6.92. The number of carbonyl (C=O) groups is 4. The molecule has 10 nitrogen and oxygen atoms in total. The summed E-state index contributed by atoms with van der Waals surface area (Å²) in [6.45, 7) is 3.91. The van der Waals surface area contributed by atoms with Crippen LogP contribution < -0.4 is 15.4 Å². The lowest BCUT2D eigenvalue weighted by atomic mass is 10.0. The lowest BCUT2D eigenvalue weighted by Gasteiger charge is -2.20. The molecule has 0 atom stereocenters. The van der Waals surface area contributed by atoms with E-state index < -0.39 is 47.3 Å². The van der Waals surface area contributed by atoms with Gasteiger partial charge in [0.05, 0.1) is 33.9 Å². The summed E-state index contributed by atoms with van der Waals surface area (Å²) in [5.74, 6) is 0.374. The topological polar surface area (TPSA) is 158 Å². The van der Waals surface area contributed by atoms with Crippen molar-refractivity contribution in [1.29, 1.82) is 5.26 Å². The highest BCUT2D eigenvalue weighted by molar-refractivity contribution is 6.31. The zero-order valence-electron chi connectivity index (χ0n) is 25.6. The van der Waals surface area contributed by atoms with Crippen LogP contribution in [0.5, 0.6) is 5.75 Å². The molecule has 0 bridgehead atoms. The molecule has 1 heterocycles. The summed E-state index contributed by atoms with van der Waals surface area (Å²) in [5, 5.41) is 23.7. The number of pyridine rings is 1. The van der Waals surface area contributed by atoms with Gasteiger partial charge in [-0.25, -0.2) is 13.6 Å². The number of halogens is 3. The number of aromatic carboxylic acids is 1. The highest BCUT2D eigenvalue weighted by atomic mass is 35.5. The minimum absolute atomic E-state index is 0.0330. The van der Waals surface area contributed by atoms with E-state index in [1.807, 2.05) is 0 Å². The van der Waals surface area contributed by atoms with Gasteiger partial charge in [0.15, 0.2) is 12.4 Å². The third-order valence-electron chi connectivity index (χ3n) is 6.68. The van der Waals surface area contributed by atoms with Gasteiger partial charge in [-0.2, -0.15) is 5.26 Å². The molecule has 0 spiro atoms. The highest BCUT2D eigenvalue weighted by Crippen LogP contribution is 2.27. The predicted molar refractivity (Wildman–Crippen MR) is 171 cm³/mol. The molecule has 0 radical (unpaired) electrons. The molecule has 242 valence electrons. The Morgan fingerprint density at radius 1 is 1.04 bits per heavy atom. The predicted octanol–water partition coefficient (Wildman–Crippen LogP) is 5.70. The lowest BCUT2D eigenvalue weighted by molar-refractivity contribution is -0.118. The number of rotatable bonds is 9. The van der Waals surface area contributed by atoms with Crippen LogP contribution in [0.15, 0.2) is 66.9 Å². The van der Waals surface area contributed by atoms with Crippen molar-refractivity contribution in [3.63, 3.8) is 0 Å². The number of aromatic nitrogens is 1. The molecule has 2 amide bonds. The van der Waals surface area contributed by atoms with Crippen LogP contribution in [0.3, 0.4) is 0 Å². The minimum atomic E-state index is -1.32. The second-order valence-electron chi connectivity index (χ2n) is 10.8. The Balaban J connectivity index is 1.45. The molecule has 0 aliphatic carbocycles. The molecule has 1 aromatic heterocycles. The number of amides is 2. The maximum absolute atomic E-state index is 15.3. The quantitative estimate of drug-likeness (QED) is 0.151. The summed E-state index contributed by atoms with van der Waals surface area (Å²) < 4.78 is 34.8. The molecule has 3 N–H and O–H groups in total. The van der Waals surface area contributed by atoms with Gasteiger partial charge >= 0.3 is 5.97 Å². The van der Waals surface area contributed by atoms with Crippen molar-refractivity contribution < 1.29 is 37.8 Å². The molecule has 0 aliphatic heterocycles. The number of nitrogens with one attached hydrogen (secondary N) is 2. The van der Waals surface area contributed by atoms with Gasteiger partial charge in [0.1, 0.15) is 23.1 Å².